The van der Waals surface area contributed by atoms with Gasteiger partial charge in [0.15, 0.2) is 0 Å². The Morgan fingerprint density at radius 3 is 2.93 bits per heavy atom. The average Bonchev–Trinajstić information content (AvgIpc) is 2.15. The van der Waals surface area contributed by atoms with Crippen LogP contribution in [0.1, 0.15) is 0 Å². The van der Waals surface area contributed by atoms with E-state index < -0.39 is 11.8 Å². The quantitative estimate of drug-likeness (QED) is 0.676. The molecule has 14 heavy (non-hydrogen) atoms. The van der Waals surface area contributed by atoms with E-state index in [0.717, 1.165) is 0 Å². The van der Waals surface area contributed by atoms with E-state index in [1.807, 2.05) is 0 Å². The van der Waals surface area contributed by atoms with Gasteiger partial charge >= 0.3 is 6.03 Å². The molecule has 5 heteroatoms. The molecule has 0 fully saturated rings. The molecule has 0 aliphatic carbocycles. The molecule has 0 saturated heterocycles. The van der Waals surface area contributed by atoms with Gasteiger partial charge in [0.2, 0.25) is 0 Å². The minimum Gasteiger partial charge on any atom is -0.395 e. The molecule has 0 bridgehead atoms. The van der Waals surface area contributed by atoms with Crippen LogP contribution >= 0.6 is 0 Å². The Hall–Kier alpha value is -1.62. The Balaban J connectivity index is 2.47. The summed E-state index contributed by atoms with van der Waals surface area (Å²) < 4.78 is 12.7. The van der Waals surface area contributed by atoms with Crippen LogP contribution in [0.5, 0.6) is 0 Å². The molecule has 1 rings (SSSR count). The predicted octanol–water partition coefficient (Wildman–Crippen LogP) is 0.939. The maximum absolute atomic E-state index is 12.7. The molecule has 0 heterocycles. The van der Waals surface area contributed by atoms with Crippen molar-refractivity contribution >= 4 is 11.7 Å². The highest BCUT2D eigenvalue weighted by Crippen LogP contribution is 2.08. The van der Waals surface area contributed by atoms with Gasteiger partial charge in [0.1, 0.15) is 5.82 Å². The lowest BCUT2D eigenvalue weighted by atomic mass is 10.3. The summed E-state index contributed by atoms with van der Waals surface area (Å²) in [4.78, 5) is 11.0. The molecule has 76 valence electrons. The number of rotatable bonds is 3. The lowest BCUT2D eigenvalue weighted by Crippen LogP contribution is -2.30. The van der Waals surface area contributed by atoms with Crippen LogP contribution in [0, 0.1) is 5.82 Å². The number of amides is 2. The molecule has 0 spiro atoms. The van der Waals surface area contributed by atoms with Gasteiger partial charge in [0.25, 0.3) is 0 Å². The van der Waals surface area contributed by atoms with E-state index in [-0.39, 0.29) is 13.2 Å². The van der Waals surface area contributed by atoms with Crippen LogP contribution in [-0.2, 0) is 0 Å². The smallest absolute Gasteiger partial charge is 0.319 e. The Labute approximate surface area is 80.7 Å². The number of aliphatic hydroxyl groups excluding tert-OH is 1. The van der Waals surface area contributed by atoms with Gasteiger partial charge in [-0.15, -0.1) is 0 Å². The Kier molecular flexibility index (Phi) is 3.87. The van der Waals surface area contributed by atoms with Gasteiger partial charge in [-0.2, -0.15) is 0 Å². The fourth-order valence-corrected chi connectivity index (χ4v) is 0.911. The van der Waals surface area contributed by atoms with E-state index >= 15 is 0 Å². The number of benzene rings is 1. The van der Waals surface area contributed by atoms with E-state index in [9.17, 15) is 9.18 Å². The third-order valence-electron chi connectivity index (χ3n) is 1.48. The summed E-state index contributed by atoms with van der Waals surface area (Å²) in [6, 6.07) is 5.10. The van der Waals surface area contributed by atoms with Crippen molar-refractivity contribution in [1.29, 1.82) is 0 Å². The summed E-state index contributed by atoms with van der Waals surface area (Å²) in [5, 5.41) is 13.2. The van der Waals surface area contributed by atoms with E-state index in [1.165, 1.54) is 18.2 Å². The van der Waals surface area contributed by atoms with Crippen molar-refractivity contribution in [3.63, 3.8) is 0 Å². The summed E-state index contributed by atoms with van der Waals surface area (Å²) >= 11 is 0. The molecule has 0 aliphatic rings. The monoisotopic (exact) mass is 198 g/mol. The molecule has 0 aliphatic heterocycles. The predicted molar refractivity (Wildman–Crippen MR) is 50.5 cm³/mol. The molecular formula is C9H11FN2O2. The lowest BCUT2D eigenvalue weighted by Gasteiger charge is -2.05. The zero-order chi connectivity index (χ0) is 10.4. The molecule has 1 aromatic carbocycles. The largest absolute Gasteiger partial charge is 0.395 e. The van der Waals surface area contributed by atoms with Crippen LogP contribution in [0.4, 0.5) is 14.9 Å². The second kappa shape index (κ2) is 5.18. The third kappa shape index (κ3) is 3.40. The molecule has 0 unspecified atom stereocenters. The summed E-state index contributed by atoms with van der Waals surface area (Å²) in [7, 11) is 0. The number of hydrogen-bond acceptors (Lipinski definition) is 2. The van der Waals surface area contributed by atoms with Crippen LogP contribution < -0.4 is 10.6 Å². The van der Waals surface area contributed by atoms with Gasteiger partial charge < -0.3 is 15.7 Å². The fourth-order valence-electron chi connectivity index (χ4n) is 0.911. The number of halogens is 1. The van der Waals surface area contributed by atoms with E-state index in [2.05, 4.69) is 10.6 Å². The van der Waals surface area contributed by atoms with Crippen molar-refractivity contribution in [2.45, 2.75) is 0 Å². The van der Waals surface area contributed by atoms with Gasteiger partial charge in [-0.05, 0) is 18.2 Å². The van der Waals surface area contributed by atoms with E-state index in [0.29, 0.717) is 5.69 Å². The maximum Gasteiger partial charge on any atom is 0.319 e. The van der Waals surface area contributed by atoms with Gasteiger partial charge in [-0.3, -0.25) is 0 Å². The second-order valence-electron chi connectivity index (χ2n) is 2.61. The van der Waals surface area contributed by atoms with Crippen molar-refractivity contribution in [2.24, 2.45) is 0 Å². The molecule has 0 saturated carbocycles. The van der Waals surface area contributed by atoms with Gasteiger partial charge in [-0.25, -0.2) is 9.18 Å². The number of nitrogens with one attached hydrogen (secondary N) is 2. The highest BCUT2D eigenvalue weighted by molar-refractivity contribution is 5.89. The van der Waals surface area contributed by atoms with Gasteiger partial charge in [0, 0.05) is 12.2 Å². The average molecular weight is 198 g/mol. The zero-order valence-corrected chi connectivity index (χ0v) is 7.46. The van der Waals surface area contributed by atoms with Crippen molar-refractivity contribution in [3.8, 4) is 0 Å². The molecular weight excluding hydrogens is 187 g/mol. The normalized spacial score (nSPS) is 9.57. The van der Waals surface area contributed by atoms with Crippen LogP contribution in [0.3, 0.4) is 0 Å². The lowest BCUT2D eigenvalue weighted by molar-refractivity contribution is 0.245. The number of carbonyl (C=O) groups excluding carboxylic acids is 1. The Bertz CT molecular complexity index is 317. The minimum absolute atomic E-state index is 0.128. The molecule has 0 aromatic heterocycles. The first-order valence-electron chi connectivity index (χ1n) is 4.13. The van der Waals surface area contributed by atoms with Crippen molar-refractivity contribution in [2.75, 3.05) is 18.5 Å². The Morgan fingerprint density at radius 1 is 1.50 bits per heavy atom. The summed E-state index contributed by atoms with van der Waals surface area (Å²) in [6.45, 7) is 0.0394. The SMILES string of the molecule is O=C(NCCO)Nc1cccc(F)c1. The fraction of sp³-hybridized carbons (Fsp3) is 0.222. The number of aliphatic hydroxyl groups is 1. The molecule has 0 radical (unpaired) electrons. The first-order chi connectivity index (χ1) is 6.72. The number of anilines is 1. The summed E-state index contributed by atoms with van der Waals surface area (Å²) in [6.07, 6.45) is 0. The van der Waals surface area contributed by atoms with E-state index in [1.54, 1.807) is 6.07 Å². The number of urea groups is 1. The number of hydrogen-bond donors (Lipinski definition) is 3. The first-order valence-corrected chi connectivity index (χ1v) is 4.13. The highest BCUT2D eigenvalue weighted by Gasteiger charge is 2.00. The van der Waals surface area contributed by atoms with Gasteiger partial charge in [0.05, 0.1) is 6.61 Å². The summed E-state index contributed by atoms with van der Waals surface area (Å²) in [5.41, 5.74) is 0.375. The molecule has 0 atom stereocenters. The standard InChI is InChI=1S/C9H11FN2O2/c10-7-2-1-3-8(6-7)12-9(14)11-4-5-13/h1-3,6,13H,4-5H2,(H2,11,12,14). The van der Waals surface area contributed by atoms with Crippen LogP contribution in [-0.4, -0.2) is 24.3 Å². The van der Waals surface area contributed by atoms with Crippen molar-refractivity contribution in [3.05, 3.63) is 30.1 Å². The van der Waals surface area contributed by atoms with E-state index in [4.69, 9.17) is 5.11 Å². The van der Waals surface area contributed by atoms with Crippen molar-refractivity contribution < 1.29 is 14.3 Å². The van der Waals surface area contributed by atoms with Crippen LogP contribution in [0.15, 0.2) is 24.3 Å². The summed E-state index contributed by atoms with van der Waals surface area (Å²) in [5.74, 6) is -0.412. The second-order valence-corrected chi connectivity index (χ2v) is 2.61. The first kappa shape index (κ1) is 10.5. The highest BCUT2D eigenvalue weighted by atomic mass is 19.1. The minimum atomic E-state index is -0.468. The molecule has 1 aromatic rings. The van der Waals surface area contributed by atoms with Crippen molar-refractivity contribution in [1.82, 2.24) is 5.32 Å². The zero-order valence-electron chi connectivity index (χ0n) is 7.46. The molecule has 2 amide bonds. The van der Waals surface area contributed by atoms with Crippen LogP contribution in [0.2, 0.25) is 0 Å². The molecule has 4 nitrogen and oxygen atoms in total. The number of carbonyl (C=O) groups is 1. The molecule has 3 N–H and O–H groups in total. The van der Waals surface area contributed by atoms with Gasteiger partial charge in [-0.1, -0.05) is 6.07 Å². The Morgan fingerprint density at radius 2 is 2.29 bits per heavy atom. The third-order valence-corrected chi connectivity index (χ3v) is 1.48. The topological polar surface area (TPSA) is 61.4 Å². The maximum atomic E-state index is 12.7. The van der Waals surface area contributed by atoms with Crippen LogP contribution in [0.25, 0.3) is 0 Å².